The van der Waals surface area contributed by atoms with E-state index in [0.717, 1.165) is 12.1 Å². The van der Waals surface area contributed by atoms with Crippen LogP contribution in [0.2, 0.25) is 0 Å². The number of halogens is 3. The van der Waals surface area contributed by atoms with Crippen molar-refractivity contribution in [2.45, 2.75) is 0 Å². The maximum absolute atomic E-state index is 13.4. The lowest BCUT2D eigenvalue weighted by Crippen LogP contribution is -2.12. The van der Waals surface area contributed by atoms with Crippen LogP contribution >= 0.6 is 31.9 Å². The molecule has 1 amide bonds. The smallest absolute Gasteiger partial charge is 0.284 e. The predicted molar refractivity (Wildman–Crippen MR) is 82.8 cm³/mol. The van der Waals surface area contributed by atoms with Crippen LogP contribution in [0.1, 0.15) is 10.4 Å². The number of nitrogens with one attached hydrogen (secondary N) is 1. The third kappa shape index (κ3) is 3.64. The van der Waals surface area contributed by atoms with E-state index in [0.29, 0.717) is 0 Å². The van der Waals surface area contributed by atoms with Crippen molar-refractivity contribution in [2.24, 2.45) is 0 Å². The summed E-state index contributed by atoms with van der Waals surface area (Å²) in [6, 6.07) is 8.11. The quantitative estimate of drug-likeness (QED) is 0.589. The van der Waals surface area contributed by atoms with Crippen molar-refractivity contribution in [2.75, 3.05) is 5.32 Å². The largest absolute Gasteiger partial charge is 0.322 e. The fourth-order valence-corrected chi connectivity index (χ4v) is 2.21. The molecule has 0 aliphatic heterocycles. The molecule has 0 fully saturated rings. The lowest BCUT2D eigenvalue weighted by atomic mass is 10.2. The van der Waals surface area contributed by atoms with E-state index >= 15 is 0 Å². The van der Waals surface area contributed by atoms with E-state index in [9.17, 15) is 19.3 Å². The normalized spacial score (nSPS) is 10.2. The van der Waals surface area contributed by atoms with Crippen molar-refractivity contribution in [1.82, 2.24) is 0 Å². The maximum atomic E-state index is 13.4. The van der Waals surface area contributed by atoms with Gasteiger partial charge >= 0.3 is 0 Å². The molecule has 108 valence electrons. The van der Waals surface area contributed by atoms with Gasteiger partial charge < -0.3 is 5.32 Å². The zero-order valence-electron chi connectivity index (χ0n) is 10.3. The first-order valence-electron chi connectivity index (χ1n) is 5.59. The summed E-state index contributed by atoms with van der Waals surface area (Å²) in [4.78, 5) is 22.2. The summed E-state index contributed by atoms with van der Waals surface area (Å²) >= 11 is 6.04. The fraction of sp³-hybridized carbons (Fsp3) is 0. The Labute approximate surface area is 135 Å². The Morgan fingerprint density at radius 1 is 1.14 bits per heavy atom. The molecule has 5 nitrogen and oxygen atoms in total. The lowest BCUT2D eigenvalue weighted by Gasteiger charge is -2.06. The van der Waals surface area contributed by atoms with Crippen LogP contribution in [0.25, 0.3) is 0 Å². The standard InChI is InChI=1S/C13H7Br2FN2O3/c14-9-4-2-8(6-11(9)16)17-13(19)7-1-3-10(15)12(5-7)18(20)21/h1-6H,(H,17,19). The zero-order chi connectivity index (χ0) is 15.6. The molecule has 0 aliphatic rings. The van der Waals surface area contributed by atoms with Crippen molar-refractivity contribution in [1.29, 1.82) is 0 Å². The first kappa shape index (κ1) is 15.6. The van der Waals surface area contributed by atoms with Crippen LogP contribution in [0.3, 0.4) is 0 Å². The molecular weight excluding hydrogens is 411 g/mol. The Morgan fingerprint density at radius 2 is 1.81 bits per heavy atom. The molecule has 0 heterocycles. The molecule has 1 N–H and O–H groups in total. The number of carbonyl (C=O) groups is 1. The Bertz CT molecular complexity index is 737. The maximum Gasteiger partial charge on any atom is 0.284 e. The number of hydrogen-bond donors (Lipinski definition) is 1. The van der Waals surface area contributed by atoms with Gasteiger partial charge in [-0.3, -0.25) is 14.9 Å². The monoisotopic (exact) mass is 416 g/mol. The molecule has 2 aromatic rings. The van der Waals surface area contributed by atoms with Crippen LogP contribution in [0.5, 0.6) is 0 Å². The number of benzene rings is 2. The fourth-order valence-electron chi connectivity index (χ4n) is 1.57. The molecule has 0 bridgehead atoms. The SMILES string of the molecule is O=C(Nc1ccc(Br)c(F)c1)c1ccc(Br)c([N+](=O)[O-])c1. The molecule has 0 aromatic heterocycles. The molecule has 0 saturated heterocycles. The summed E-state index contributed by atoms with van der Waals surface area (Å²) < 4.78 is 13.9. The van der Waals surface area contributed by atoms with Gasteiger partial charge in [-0.25, -0.2) is 4.39 Å². The van der Waals surface area contributed by atoms with E-state index in [-0.39, 0.29) is 25.9 Å². The molecule has 0 atom stereocenters. The molecule has 8 heteroatoms. The summed E-state index contributed by atoms with van der Waals surface area (Å²) in [7, 11) is 0. The molecule has 0 saturated carbocycles. The van der Waals surface area contributed by atoms with Crippen molar-refractivity contribution in [3.63, 3.8) is 0 Å². The first-order valence-corrected chi connectivity index (χ1v) is 7.17. The number of amides is 1. The van der Waals surface area contributed by atoms with E-state index in [1.165, 1.54) is 24.3 Å². The van der Waals surface area contributed by atoms with Gasteiger partial charge in [-0.05, 0) is 62.2 Å². The van der Waals surface area contributed by atoms with Gasteiger partial charge in [-0.15, -0.1) is 0 Å². The van der Waals surface area contributed by atoms with Gasteiger partial charge in [0.1, 0.15) is 5.82 Å². The molecular formula is C13H7Br2FN2O3. The van der Waals surface area contributed by atoms with Crippen molar-refractivity contribution >= 4 is 49.1 Å². The minimum Gasteiger partial charge on any atom is -0.322 e. The highest BCUT2D eigenvalue weighted by molar-refractivity contribution is 9.10. The van der Waals surface area contributed by atoms with Crippen LogP contribution < -0.4 is 5.32 Å². The molecule has 2 rings (SSSR count). The molecule has 0 unspecified atom stereocenters. The van der Waals surface area contributed by atoms with E-state index in [4.69, 9.17) is 0 Å². The van der Waals surface area contributed by atoms with Gasteiger partial charge in [0.25, 0.3) is 11.6 Å². The van der Waals surface area contributed by atoms with Crippen molar-refractivity contribution < 1.29 is 14.1 Å². The van der Waals surface area contributed by atoms with Crippen molar-refractivity contribution in [3.8, 4) is 0 Å². The van der Waals surface area contributed by atoms with Gasteiger partial charge in [-0.1, -0.05) is 0 Å². The van der Waals surface area contributed by atoms with Gasteiger partial charge in [0.15, 0.2) is 0 Å². The predicted octanol–water partition coefficient (Wildman–Crippen LogP) is 4.51. The van der Waals surface area contributed by atoms with Gasteiger partial charge in [0, 0.05) is 17.3 Å². The van der Waals surface area contributed by atoms with Gasteiger partial charge in [-0.2, -0.15) is 0 Å². The van der Waals surface area contributed by atoms with Gasteiger partial charge in [0.2, 0.25) is 0 Å². The molecule has 0 radical (unpaired) electrons. The number of carbonyl (C=O) groups excluding carboxylic acids is 1. The average Bonchev–Trinajstić information content (AvgIpc) is 2.43. The number of nitrogens with zero attached hydrogens (tertiary/aromatic N) is 1. The van der Waals surface area contributed by atoms with E-state index < -0.39 is 16.6 Å². The summed E-state index contributed by atoms with van der Waals surface area (Å²) in [6.07, 6.45) is 0. The van der Waals surface area contributed by atoms with E-state index in [1.807, 2.05) is 0 Å². The molecule has 0 aliphatic carbocycles. The van der Waals surface area contributed by atoms with E-state index in [1.54, 1.807) is 0 Å². The van der Waals surface area contributed by atoms with Gasteiger partial charge in [0.05, 0.1) is 13.9 Å². The highest BCUT2D eigenvalue weighted by Gasteiger charge is 2.16. The summed E-state index contributed by atoms with van der Waals surface area (Å²) in [5, 5.41) is 13.3. The Balaban J connectivity index is 2.26. The summed E-state index contributed by atoms with van der Waals surface area (Å²) in [6.45, 7) is 0. The lowest BCUT2D eigenvalue weighted by molar-refractivity contribution is -0.385. The second-order valence-corrected chi connectivity index (χ2v) is 5.71. The number of anilines is 1. The number of nitro benzene ring substituents is 1. The van der Waals surface area contributed by atoms with E-state index in [2.05, 4.69) is 37.2 Å². The molecule has 21 heavy (non-hydrogen) atoms. The number of nitro groups is 1. The Hall–Kier alpha value is -1.80. The van der Waals surface area contributed by atoms with Crippen LogP contribution in [0.4, 0.5) is 15.8 Å². The second-order valence-electron chi connectivity index (χ2n) is 4.01. The Kier molecular flexibility index (Phi) is 4.69. The first-order chi connectivity index (χ1) is 9.88. The van der Waals surface area contributed by atoms with Crippen molar-refractivity contribution in [3.05, 3.63) is 66.8 Å². The number of hydrogen-bond acceptors (Lipinski definition) is 3. The van der Waals surface area contributed by atoms with Crippen LogP contribution in [-0.2, 0) is 0 Å². The number of rotatable bonds is 3. The van der Waals surface area contributed by atoms with Crippen LogP contribution in [0, 0.1) is 15.9 Å². The average molecular weight is 418 g/mol. The highest BCUT2D eigenvalue weighted by Crippen LogP contribution is 2.26. The Morgan fingerprint density at radius 3 is 2.43 bits per heavy atom. The third-order valence-corrected chi connectivity index (χ3v) is 3.90. The summed E-state index contributed by atoms with van der Waals surface area (Å²) in [5.41, 5.74) is 0.143. The zero-order valence-corrected chi connectivity index (χ0v) is 13.4. The minimum absolute atomic E-state index is 0.105. The third-order valence-electron chi connectivity index (χ3n) is 2.58. The second kappa shape index (κ2) is 6.31. The molecule has 2 aromatic carbocycles. The molecule has 0 spiro atoms. The summed E-state index contributed by atoms with van der Waals surface area (Å²) in [5.74, 6) is -1.08. The highest BCUT2D eigenvalue weighted by atomic mass is 79.9. The topological polar surface area (TPSA) is 72.2 Å². The van der Waals surface area contributed by atoms with Crippen LogP contribution in [0.15, 0.2) is 45.3 Å². The minimum atomic E-state index is -0.597. The van der Waals surface area contributed by atoms with Crippen LogP contribution in [-0.4, -0.2) is 10.8 Å².